The summed E-state index contributed by atoms with van der Waals surface area (Å²) in [5.41, 5.74) is 7.74. The van der Waals surface area contributed by atoms with Crippen molar-refractivity contribution in [3.63, 3.8) is 0 Å². The van der Waals surface area contributed by atoms with Gasteiger partial charge in [-0.15, -0.1) is 0 Å². The zero-order valence-electron chi connectivity index (χ0n) is 12.8. The Bertz CT molecular complexity index is 479. The Kier molecular flexibility index (Phi) is 4.85. The van der Waals surface area contributed by atoms with Gasteiger partial charge in [0.1, 0.15) is 0 Å². The highest BCUT2D eigenvalue weighted by atomic mass is 35.5. The Hall–Kier alpha value is -0.610. The minimum atomic E-state index is 0.163. The van der Waals surface area contributed by atoms with Gasteiger partial charge in [-0.05, 0) is 43.5 Å². The van der Waals surface area contributed by atoms with Gasteiger partial charge in [-0.25, -0.2) is 0 Å². The molecular formula is C17H26ClN3. The number of nitrogens with zero attached hydrogens (tertiary/aromatic N) is 2. The molecule has 0 aliphatic carbocycles. The summed E-state index contributed by atoms with van der Waals surface area (Å²) >= 11 is 6.20. The summed E-state index contributed by atoms with van der Waals surface area (Å²) in [6.07, 6.45) is 3.67. The molecule has 2 fully saturated rings. The maximum absolute atomic E-state index is 6.47. The van der Waals surface area contributed by atoms with E-state index in [1.54, 1.807) is 0 Å². The van der Waals surface area contributed by atoms with Crippen LogP contribution < -0.4 is 5.73 Å². The van der Waals surface area contributed by atoms with Gasteiger partial charge in [-0.2, -0.15) is 0 Å². The van der Waals surface area contributed by atoms with Gasteiger partial charge in [0, 0.05) is 36.7 Å². The van der Waals surface area contributed by atoms with Crippen LogP contribution in [0.5, 0.6) is 0 Å². The first-order chi connectivity index (χ1) is 10.2. The summed E-state index contributed by atoms with van der Waals surface area (Å²) in [5, 5.41) is 0.806. The second-order valence-corrected chi connectivity index (χ2v) is 6.84. The lowest BCUT2D eigenvalue weighted by Crippen LogP contribution is -2.54. The zero-order chi connectivity index (χ0) is 14.8. The first-order valence-electron chi connectivity index (χ1n) is 8.18. The average Bonchev–Trinajstić information content (AvgIpc) is 2.95. The Labute approximate surface area is 133 Å². The summed E-state index contributed by atoms with van der Waals surface area (Å²) in [7, 11) is 0. The van der Waals surface area contributed by atoms with Crippen LogP contribution in [0, 0.1) is 0 Å². The van der Waals surface area contributed by atoms with E-state index in [9.17, 15) is 0 Å². The molecule has 2 saturated heterocycles. The number of fused-ring (bicyclic) bond motifs is 1. The number of piperazine rings is 1. The fraction of sp³-hybridized carbons (Fsp3) is 0.647. The first-order valence-corrected chi connectivity index (χ1v) is 8.56. The predicted octanol–water partition coefficient (Wildman–Crippen LogP) is 2.90. The van der Waals surface area contributed by atoms with Gasteiger partial charge in [0.15, 0.2) is 0 Å². The quantitative estimate of drug-likeness (QED) is 0.928. The van der Waals surface area contributed by atoms with Crippen molar-refractivity contribution in [2.45, 2.75) is 44.3 Å². The largest absolute Gasteiger partial charge is 0.326 e. The van der Waals surface area contributed by atoms with Crippen molar-refractivity contribution in [2.24, 2.45) is 5.73 Å². The fourth-order valence-corrected chi connectivity index (χ4v) is 4.11. The second kappa shape index (κ2) is 6.66. The summed E-state index contributed by atoms with van der Waals surface area (Å²) in [6, 6.07) is 9.42. The topological polar surface area (TPSA) is 32.5 Å². The molecule has 0 bridgehead atoms. The molecule has 4 heteroatoms. The van der Waals surface area contributed by atoms with Crippen molar-refractivity contribution >= 4 is 11.6 Å². The highest BCUT2D eigenvalue weighted by Gasteiger charge is 2.35. The molecule has 21 heavy (non-hydrogen) atoms. The highest BCUT2D eigenvalue weighted by Crippen LogP contribution is 2.31. The number of halogens is 1. The molecule has 3 rings (SSSR count). The second-order valence-electron chi connectivity index (χ2n) is 6.40. The number of hydrogen-bond donors (Lipinski definition) is 1. The lowest BCUT2D eigenvalue weighted by molar-refractivity contribution is 0.0608. The molecule has 3 nitrogen and oxygen atoms in total. The van der Waals surface area contributed by atoms with E-state index in [1.807, 2.05) is 12.1 Å². The van der Waals surface area contributed by atoms with Crippen LogP contribution >= 0.6 is 11.6 Å². The molecule has 1 aromatic rings. The van der Waals surface area contributed by atoms with Crippen molar-refractivity contribution in [1.29, 1.82) is 0 Å². The Morgan fingerprint density at radius 2 is 2.19 bits per heavy atom. The van der Waals surface area contributed by atoms with Crippen LogP contribution in [-0.2, 0) is 0 Å². The molecule has 0 amide bonds. The first kappa shape index (κ1) is 15.3. The van der Waals surface area contributed by atoms with E-state index in [-0.39, 0.29) is 12.1 Å². The molecule has 0 spiro atoms. The number of rotatable bonds is 4. The van der Waals surface area contributed by atoms with Gasteiger partial charge in [0.05, 0.1) is 6.04 Å². The van der Waals surface area contributed by atoms with E-state index >= 15 is 0 Å². The van der Waals surface area contributed by atoms with E-state index in [0.29, 0.717) is 0 Å². The minimum absolute atomic E-state index is 0.163. The van der Waals surface area contributed by atoms with Crippen molar-refractivity contribution in [3.8, 4) is 0 Å². The van der Waals surface area contributed by atoms with E-state index in [4.69, 9.17) is 17.3 Å². The SMILES string of the molecule is CCC(N)C(c1cccc(Cl)c1)N1CCN2CCCC2C1. The minimum Gasteiger partial charge on any atom is -0.326 e. The smallest absolute Gasteiger partial charge is 0.0500 e. The van der Waals surface area contributed by atoms with Gasteiger partial charge >= 0.3 is 0 Å². The fourth-order valence-electron chi connectivity index (χ4n) is 3.91. The summed E-state index contributed by atoms with van der Waals surface area (Å²) < 4.78 is 0. The van der Waals surface area contributed by atoms with Gasteiger partial charge in [-0.1, -0.05) is 30.7 Å². The van der Waals surface area contributed by atoms with E-state index in [2.05, 4.69) is 28.9 Å². The molecule has 3 unspecified atom stereocenters. The summed E-state index contributed by atoms with van der Waals surface area (Å²) in [6.45, 7) is 6.89. The van der Waals surface area contributed by atoms with Crippen molar-refractivity contribution < 1.29 is 0 Å². The molecule has 0 saturated carbocycles. The maximum Gasteiger partial charge on any atom is 0.0500 e. The predicted molar refractivity (Wildman–Crippen MR) is 88.6 cm³/mol. The molecule has 2 N–H and O–H groups in total. The van der Waals surface area contributed by atoms with Crippen molar-refractivity contribution in [1.82, 2.24) is 9.80 Å². The molecule has 2 aliphatic heterocycles. The van der Waals surface area contributed by atoms with E-state index in [0.717, 1.165) is 30.6 Å². The Morgan fingerprint density at radius 3 is 2.95 bits per heavy atom. The molecule has 0 aromatic heterocycles. The van der Waals surface area contributed by atoms with Crippen molar-refractivity contribution in [2.75, 3.05) is 26.2 Å². The van der Waals surface area contributed by atoms with E-state index in [1.165, 1.54) is 31.5 Å². The van der Waals surface area contributed by atoms with Crippen LogP contribution in [0.15, 0.2) is 24.3 Å². The average molecular weight is 308 g/mol. The third-order valence-electron chi connectivity index (χ3n) is 5.08. The Morgan fingerprint density at radius 1 is 1.33 bits per heavy atom. The number of benzene rings is 1. The van der Waals surface area contributed by atoms with Crippen LogP contribution in [0.25, 0.3) is 0 Å². The highest BCUT2D eigenvalue weighted by molar-refractivity contribution is 6.30. The van der Waals surface area contributed by atoms with Crippen LogP contribution in [0.3, 0.4) is 0 Å². The van der Waals surface area contributed by atoms with Gasteiger partial charge in [0.25, 0.3) is 0 Å². The third-order valence-corrected chi connectivity index (χ3v) is 5.31. The molecular weight excluding hydrogens is 282 g/mol. The molecule has 2 aliphatic rings. The molecule has 3 atom stereocenters. The zero-order valence-corrected chi connectivity index (χ0v) is 13.6. The van der Waals surface area contributed by atoms with Gasteiger partial charge in [-0.3, -0.25) is 9.80 Å². The van der Waals surface area contributed by atoms with Gasteiger partial charge < -0.3 is 5.73 Å². The van der Waals surface area contributed by atoms with Crippen LogP contribution in [0.2, 0.25) is 5.02 Å². The third kappa shape index (κ3) is 3.26. The lowest BCUT2D eigenvalue weighted by atomic mass is 9.95. The standard InChI is InChI=1S/C17H26ClN3/c1-2-16(19)17(13-5-3-6-14(18)11-13)21-10-9-20-8-4-7-15(20)12-21/h3,5-6,11,15-17H,2,4,7-10,12,19H2,1H3. The van der Waals surface area contributed by atoms with Crippen LogP contribution in [0.4, 0.5) is 0 Å². The molecule has 2 heterocycles. The van der Waals surface area contributed by atoms with Crippen molar-refractivity contribution in [3.05, 3.63) is 34.9 Å². The summed E-state index contributed by atoms with van der Waals surface area (Å²) in [4.78, 5) is 5.23. The van der Waals surface area contributed by atoms with Gasteiger partial charge in [0.2, 0.25) is 0 Å². The summed E-state index contributed by atoms with van der Waals surface area (Å²) in [5.74, 6) is 0. The molecule has 1 aromatic carbocycles. The number of nitrogens with two attached hydrogens (primary N) is 1. The normalized spacial score (nSPS) is 26.5. The van der Waals surface area contributed by atoms with E-state index < -0.39 is 0 Å². The maximum atomic E-state index is 6.47. The molecule has 0 radical (unpaired) electrons. The lowest BCUT2D eigenvalue weighted by Gasteiger charge is -2.43. The molecule has 116 valence electrons. The van der Waals surface area contributed by atoms with Crippen LogP contribution in [0.1, 0.15) is 37.8 Å². The van der Waals surface area contributed by atoms with Crippen LogP contribution in [-0.4, -0.2) is 48.1 Å². The monoisotopic (exact) mass is 307 g/mol. The number of hydrogen-bond acceptors (Lipinski definition) is 3. The Balaban J connectivity index is 1.82.